The Balaban J connectivity index is 1.40. The number of nitrogens with one attached hydrogen (secondary N) is 2. The molecule has 32 heavy (non-hydrogen) atoms. The zero-order valence-electron chi connectivity index (χ0n) is 19.0. The highest BCUT2D eigenvalue weighted by Crippen LogP contribution is 2.38. The van der Waals surface area contributed by atoms with E-state index in [-0.39, 0.29) is 17.5 Å². The van der Waals surface area contributed by atoms with Crippen molar-refractivity contribution < 1.29 is 4.79 Å². The fourth-order valence-corrected chi connectivity index (χ4v) is 5.02. The lowest BCUT2D eigenvalue weighted by atomic mass is 9.69. The number of rotatable bonds is 8. The molecule has 6 nitrogen and oxygen atoms in total. The molecule has 2 aromatic rings. The minimum atomic E-state index is -1.01. The first kappa shape index (κ1) is 22.1. The van der Waals surface area contributed by atoms with Gasteiger partial charge < -0.3 is 15.6 Å². The number of ketones is 1. The Hall–Kier alpha value is -3.15. The van der Waals surface area contributed by atoms with Crippen LogP contribution in [-0.4, -0.2) is 27.7 Å². The van der Waals surface area contributed by atoms with E-state index in [1.54, 1.807) is 0 Å². The average molecular weight is 432 g/mol. The third kappa shape index (κ3) is 4.14. The van der Waals surface area contributed by atoms with Gasteiger partial charge in [0.05, 0.1) is 0 Å². The number of amidine groups is 1. The molecule has 0 saturated carbocycles. The summed E-state index contributed by atoms with van der Waals surface area (Å²) in [4.78, 5) is 18.0. The standard InChI is InChI=1S/C26H33N5O/c1-18-16-29-19(2)31(18)14-7-3-6-12-26(25(27)28)13-8-10-22(24(26)32)21-15-20-9-4-5-11-23(20)30-17-21/h4-5,8-11,13,16,21,30H,3,6-7,12,14-15,17H2,1-2H3,(H3,27,28). The number of nitrogens with zero attached hydrogens (tertiary/aromatic N) is 2. The van der Waals surface area contributed by atoms with Crippen molar-refractivity contribution >= 4 is 17.3 Å². The molecular formula is C26H33N5O. The van der Waals surface area contributed by atoms with Crippen LogP contribution in [0.5, 0.6) is 0 Å². The number of benzene rings is 1. The fourth-order valence-electron chi connectivity index (χ4n) is 5.02. The molecule has 4 rings (SSSR count). The number of para-hydroxylation sites is 1. The Morgan fingerprint density at radius 2 is 2.09 bits per heavy atom. The first-order valence-electron chi connectivity index (χ1n) is 11.5. The smallest absolute Gasteiger partial charge is 0.176 e. The normalized spacial score (nSPS) is 22.2. The Kier molecular flexibility index (Phi) is 6.31. The van der Waals surface area contributed by atoms with Gasteiger partial charge in [0.15, 0.2) is 5.78 Å². The van der Waals surface area contributed by atoms with Crippen molar-refractivity contribution in [3.8, 4) is 0 Å². The van der Waals surface area contributed by atoms with Crippen molar-refractivity contribution in [3.05, 3.63) is 71.3 Å². The van der Waals surface area contributed by atoms with Gasteiger partial charge in [-0.1, -0.05) is 49.3 Å². The van der Waals surface area contributed by atoms with Gasteiger partial charge in [-0.05, 0) is 44.7 Å². The summed E-state index contributed by atoms with van der Waals surface area (Å²) in [6.45, 7) is 5.74. The summed E-state index contributed by atoms with van der Waals surface area (Å²) in [5.74, 6) is 1.08. The molecular weight excluding hydrogens is 398 g/mol. The average Bonchev–Trinajstić information content (AvgIpc) is 3.11. The number of Topliss-reactive ketones (excluding diaryl/α,β-unsaturated/α-hetero) is 1. The van der Waals surface area contributed by atoms with Crippen LogP contribution in [0.4, 0.5) is 5.69 Å². The number of imidazole rings is 1. The third-order valence-electron chi connectivity index (χ3n) is 6.97. The van der Waals surface area contributed by atoms with E-state index in [0.717, 1.165) is 55.9 Å². The summed E-state index contributed by atoms with van der Waals surface area (Å²) in [7, 11) is 0. The molecule has 0 amide bonds. The van der Waals surface area contributed by atoms with Crippen molar-refractivity contribution in [1.82, 2.24) is 9.55 Å². The number of aromatic nitrogens is 2. The van der Waals surface area contributed by atoms with Gasteiger partial charge in [-0.3, -0.25) is 10.2 Å². The summed E-state index contributed by atoms with van der Waals surface area (Å²) in [6, 6.07) is 8.25. The predicted octanol–water partition coefficient (Wildman–Crippen LogP) is 4.33. The summed E-state index contributed by atoms with van der Waals surface area (Å²) >= 11 is 0. The van der Waals surface area contributed by atoms with Crippen LogP contribution < -0.4 is 11.1 Å². The lowest BCUT2D eigenvalue weighted by Gasteiger charge is -2.35. The fraction of sp³-hybridized carbons (Fsp3) is 0.423. The van der Waals surface area contributed by atoms with Gasteiger partial charge >= 0.3 is 0 Å². The second kappa shape index (κ2) is 9.15. The highest BCUT2D eigenvalue weighted by atomic mass is 16.1. The lowest BCUT2D eigenvalue weighted by molar-refractivity contribution is -0.120. The maximum atomic E-state index is 13.7. The van der Waals surface area contributed by atoms with Gasteiger partial charge in [-0.15, -0.1) is 0 Å². The van der Waals surface area contributed by atoms with E-state index in [1.807, 2.05) is 43.5 Å². The summed E-state index contributed by atoms with van der Waals surface area (Å²) in [5.41, 5.74) is 9.37. The van der Waals surface area contributed by atoms with E-state index in [1.165, 1.54) is 11.3 Å². The number of fused-ring (bicyclic) bond motifs is 1. The molecule has 0 saturated heterocycles. The van der Waals surface area contributed by atoms with Crippen LogP contribution in [0.2, 0.25) is 0 Å². The van der Waals surface area contributed by atoms with Crippen molar-refractivity contribution in [2.24, 2.45) is 17.1 Å². The zero-order valence-corrected chi connectivity index (χ0v) is 19.0. The summed E-state index contributed by atoms with van der Waals surface area (Å²) in [6.07, 6.45) is 11.8. The minimum Gasteiger partial charge on any atom is -0.387 e. The van der Waals surface area contributed by atoms with Crippen molar-refractivity contribution in [3.63, 3.8) is 0 Å². The number of carbonyl (C=O) groups excluding carboxylic acids is 1. The molecule has 0 fully saturated rings. The van der Waals surface area contributed by atoms with Gasteiger partial charge in [-0.25, -0.2) is 4.98 Å². The molecule has 1 aromatic heterocycles. The number of unbranched alkanes of at least 4 members (excludes halogenated alkanes) is 2. The van der Waals surface area contributed by atoms with Crippen LogP contribution in [0.15, 0.2) is 54.3 Å². The Bertz CT molecular complexity index is 1060. The number of allylic oxidation sites excluding steroid dienone is 2. The van der Waals surface area contributed by atoms with E-state index >= 15 is 0 Å². The minimum absolute atomic E-state index is 0.0000189. The van der Waals surface area contributed by atoms with Crippen molar-refractivity contribution in [2.45, 2.75) is 52.5 Å². The first-order valence-corrected chi connectivity index (χ1v) is 11.5. The van der Waals surface area contributed by atoms with E-state index in [9.17, 15) is 4.79 Å². The van der Waals surface area contributed by atoms with Crippen LogP contribution >= 0.6 is 0 Å². The molecule has 2 atom stereocenters. The molecule has 168 valence electrons. The van der Waals surface area contributed by atoms with Crippen LogP contribution in [0.1, 0.15) is 42.8 Å². The molecule has 0 radical (unpaired) electrons. The maximum absolute atomic E-state index is 13.7. The van der Waals surface area contributed by atoms with Crippen molar-refractivity contribution in [1.29, 1.82) is 5.41 Å². The van der Waals surface area contributed by atoms with Crippen LogP contribution in [0.3, 0.4) is 0 Å². The second-order valence-corrected chi connectivity index (χ2v) is 9.04. The first-order chi connectivity index (χ1) is 15.4. The number of nitrogens with two attached hydrogens (primary N) is 1. The number of hydrogen-bond acceptors (Lipinski definition) is 4. The van der Waals surface area contributed by atoms with Gasteiger partial charge in [-0.2, -0.15) is 0 Å². The maximum Gasteiger partial charge on any atom is 0.176 e. The molecule has 1 aliphatic heterocycles. The molecule has 2 heterocycles. The van der Waals surface area contributed by atoms with Crippen molar-refractivity contribution in [2.75, 3.05) is 11.9 Å². The number of aryl methyl sites for hydroxylation is 2. The van der Waals surface area contributed by atoms with E-state index in [2.05, 4.69) is 33.9 Å². The highest BCUT2D eigenvalue weighted by Gasteiger charge is 2.43. The van der Waals surface area contributed by atoms with E-state index in [0.29, 0.717) is 6.42 Å². The topological polar surface area (TPSA) is 96.8 Å². The van der Waals surface area contributed by atoms with Gasteiger partial charge in [0.1, 0.15) is 17.1 Å². The summed E-state index contributed by atoms with van der Waals surface area (Å²) in [5, 5.41) is 11.7. The van der Waals surface area contributed by atoms with E-state index < -0.39 is 5.41 Å². The molecule has 2 unspecified atom stereocenters. The molecule has 4 N–H and O–H groups in total. The molecule has 0 spiro atoms. The Morgan fingerprint density at radius 1 is 1.28 bits per heavy atom. The molecule has 1 aromatic carbocycles. The second-order valence-electron chi connectivity index (χ2n) is 9.04. The number of hydrogen-bond donors (Lipinski definition) is 3. The van der Waals surface area contributed by atoms with Gasteiger partial charge in [0, 0.05) is 42.2 Å². The van der Waals surface area contributed by atoms with Crippen LogP contribution in [0, 0.1) is 30.6 Å². The van der Waals surface area contributed by atoms with Crippen LogP contribution in [0.25, 0.3) is 0 Å². The monoisotopic (exact) mass is 431 g/mol. The number of carbonyl (C=O) groups is 1. The summed E-state index contributed by atoms with van der Waals surface area (Å²) < 4.78 is 2.22. The largest absolute Gasteiger partial charge is 0.387 e. The predicted molar refractivity (Wildman–Crippen MR) is 129 cm³/mol. The van der Waals surface area contributed by atoms with E-state index in [4.69, 9.17) is 11.1 Å². The lowest BCUT2D eigenvalue weighted by Crippen LogP contribution is -2.46. The highest BCUT2D eigenvalue weighted by molar-refractivity contribution is 6.17. The SMILES string of the molecule is Cc1cnc(C)n1CCCCCC1(C(=N)N)C=CC=C(C2CNc3ccccc3C2)C1=O. The number of anilines is 1. The third-order valence-corrected chi connectivity index (χ3v) is 6.97. The molecule has 0 bridgehead atoms. The molecule has 6 heteroatoms. The Labute approximate surface area is 190 Å². The van der Waals surface area contributed by atoms with Gasteiger partial charge in [0.25, 0.3) is 0 Å². The molecule has 1 aliphatic carbocycles. The Morgan fingerprint density at radius 3 is 2.84 bits per heavy atom. The molecule has 2 aliphatic rings. The van der Waals surface area contributed by atoms with Gasteiger partial charge in [0.2, 0.25) is 0 Å². The quantitative estimate of drug-likeness (QED) is 0.329. The zero-order chi connectivity index (χ0) is 22.7. The van der Waals surface area contributed by atoms with Crippen LogP contribution in [-0.2, 0) is 17.8 Å².